The van der Waals surface area contributed by atoms with Crippen LogP contribution in [0.1, 0.15) is 69.5 Å². The van der Waals surface area contributed by atoms with E-state index in [0.29, 0.717) is 36.8 Å². The van der Waals surface area contributed by atoms with Gasteiger partial charge < -0.3 is 10.2 Å². The Balaban J connectivity index is 1.06. The Morgan fingerprint density at radius 1 is 1.05 bits per heavy atom. The zero-order valence-corrected chi connectivity index (χ0v) is 20.0. The van der Waals surface area contributed by atoms with E-state index in [-0.39, 0.29) is 48.6 Å². The molecule has 1 unspecified atom stereocenters. The molecular weight excluding hydrogens is 476 g/mol. The molecule has 3 saturated carbocycles. The molecule has 1 saturated heterocycles. The van der Waals surface area contributed by atoms with Crippen molar-refractivity contribution >= 4 is 29.5 Å². The Kier molecular flexibility index (Phi) is 5.20. The zero-order chi connectivity index (χ0) is 25.9. The number of carbonyl (C=O) groups excluding carboxylic acids is 5. The van der Waals surface area contributed by atoms with Crippen molar-refractivity contribution in [2.45, 2.75) is 56.7 Å². The summed E-state index contributed by atoms with van der Waals surface area (Å²) in [5, 5.41) is 14.1. The molecule has 2 bridgehead atoms. The molecule has 5 amide bonds. The van der Waals surface area contributed by atoms with Crippen molar-refractivity contribution in [1.82, 2.24) is 21.0 Å². The van der Waals surface area contributed by atoms with E-state index in [1.807, 2.05) is 18.2 Å². The summed E-state index contributed by atoms with van der Waals surface area (Å²) in [6.45, 7) is 0.565. The van der Waals surface area contributed by atoms with Crippen LogP contribution >= 0.6 is 0 Å². The molecule has 2 aliphatic heterocycles. The molecule has 5 aliphatic rings. The SMILES string of the molecule is O=C1CCC(N2Cc3cc(CNC(=O)c4ccc(C56CC(C(=O)NO)(C5)C6)cc4)ccc3C2=O)C(=O)N1. The largest absolute Gasteiger partial charge is 0.348 e. The molecule has 4 N–H and O–H groups in total. The van der Waals surface area contributed by atoms with Crippen molar-refractivity contribution < 1.29 is 29.2 Å². The van der Waals surface area contributed by atoms with E-state index in [0.717, 1.165) is 16.7 Å². The van der Waals surface area contributed by atoms with Gasteiger partial charge in [0.15, 0.2) is 0 Å². The van der Waals surface area contributed by atoms with Gasteiger partial charge in [-0.3, -0.25) is 34.5 Å². The highest BCUT2D eigenvalue weighted by Crippen LogP contribution is 2.73. The summed E-state index contributed by atoms with van der Waals surface area (Å²) in [7, 11) is 0. The van der Waals surface area contributed by atoms with Crippen molar-refractivity contribution in [3.63, 3.8) is 0 Å². The Bertz CT molecular complexity index is 1350. The van der Waals surface area contributed by atoms with Crippen molar-refractivity contribution in [1.29, 1.82) is 0 Å². The van der Waals surface area contributed by atoms with Crippen LogP contribution in [0.2, 0.25) is 0 Å². The van der Waals surface area contributed by atoms with Crippen LogP contribution < -0.4 is 16.1 Å². The predicted octanol–water partition coefficient (Wildman–Crippen LogP) is 1.30. The minimum absolute atomic E-state index is 0.0366. The summed E-state index contributed by atoms with van der Waals surface area (Å²) >= 11 is 0. The lowest BCUT2D eigenvalue weighted by Crippen LogP contribution is -2.69. The monoisotopic (exact) mass is 502 g/mol. The minimum atomic E-state index is -0.661. The van der Waals surface area contributed by atoms with Crippen molar-refractivity contribution in [2.75, 3.05) is 0 Å². The first kappa shape index (κ1) is 23.4. The van der Waals surface area contributed by atoms with Gasteiger partial charge in [-0.1, -0.05) is 24.3 Å². The number of nitrogens with one attached hydrogen (secondary N) is 3. The number of piperidine rings is 1. The second-order valence-corrected chi connectivity index (χ2v) is 10.7. The number of benzene rings is 2. The maximum absolute atomic E-state index is 12.8. The number of rotatable bonds is 6. The molecule has 0 radical (unpaired) electrons. The molecule has 3 aliphatic carbocycles. The number of amides is 5. The van der Waals surface area contributed by atoms with E-state index in [1.165, 1.54) is 4.90 Å². The zero-order valence-electron chi connectivity index (χ0n) is 20.0. The molecule has 2 aromatic rings. The third-order valence-corrected chi connectivity index (χ3v) is 8.41. The van der Waals surface area contributed by atoms with Gasteiger partial charge in [0, 0.05) is 30.6 Å². The first-order valence-electron chi connectivity index (χ1n) is 12.3. The number of hydrogen-bond acceptors (Lipinski definition) is 6. The Morgan fingerprint density at radius 2 is 1.78 bits per heavy atom. The highest BCUT2D eigenvalue weighted by molar-refractivity contribution is 6.05. The number of hydrogen-bond donors (Lipinski definition) is 4. The fourth-order valence-corrected chi connectivity index (χ4v) is 6.45. The molecular formula is C27H26N4O6. The van der Waals surface area contributed by atoms with Gasteiger partial charge in [-0.2, -0.15) is 0 Å². The quantitative estimate of drug-likeness (QED) is 0.266. The molecule has 190 valence electrons. The molecule has 2 heterocycles. The van der Waals surface area contributed by atoms with Crippen LogP contribution in [0.25, 0.3) is 0 Å². The Labute approximate surface area is 212 Å². The molecule has 10 heteroatoms. The van der Waals surface area contributed by atoms with Gasteiger partial charge in [-0.25, -0.2) is 5.48 Å². The van der Waals surface area contributed by atoms with Gasteiger partial charge in [0.2, 0.25) is 17.7 Å². The summed E-state index contributed by atoms with van der Waals surface area (Å²) in [5.74, 6) is -1.53. The van der Waals surface area contributed by atoms with Crippen LogP contribution in [0.3, 0.4) is 0 Å². The third-order valence-electron chi connectivity index (χ3n) is 8.41. The maximum Gasteiger partial charge on any atom is 0.255 e. The summed E-state index contributed by atoms with van der Waals surface area (Å²) in [6, 6.07) is 12.1. The lowest BCUT2D eigenvalue weighted by atomic mass is 9.33. The molecule has 10 nitrogen and oxygen atoms in total. The summed E-state index contributed by atoms with van der Waals surface area (Å²) in [4.78, 5) is 62.5. The fourth-order valence-electron chi connectivity index (χ4n) is 6.45. The standard InChI is InChI=1S/C27H26N4O6/c32-21-8-7-20(23(34)29-21)31-11-17-9-15(1-6-19(17)24(31)35)10-28-22(33)16-2-4-18(5-3-16)26-12-27(13-26,14-26)25(36)30-37/h1-6,9,20,37H,7-8,10-14H2,(H,28,33)(H,30,36)(H,29,32,34). The van der Waals surface area contributed by atoms with E-state index < -0.39 is 17.4 Å². The van der Waals surface area contributed by atoms with E-state index in [2.05, 4.69) is 10.6 Å². The van der Waals surface area contributed by atoms with Crippen molar-refractivity contribution in [3.8, 4) is 0 Å². The predicted molar refractivity (Wildman–Crippen MR) is 128 cm³/mol. The number of imide groups is 1. The van der Waals surface area contributed by atoms with Gasteiger partial charge in [-0.05, 0) is 66.0 Å². The smallest absolute Gasteiger partial charge is 0.255 e. The lowest BCUT2D eigenvalue weighted by molar-refractivity contribution is -0.184. The Hall–Kier alpha value is -4.05. The second kappa shape index (κ2) is 8.24. The maximum atomic E-state index is 12.8. The average molecular weight is 503 g/mol. The highest BCUT2D eigenvalue weighted by atomic mass is 16.5. The fraction of sp³-hybridized carbons (Fsp3) is 0.370. The molecule has 0 spiro atoms. The topological polar surface area (TPSA) is 145 Å². The second-order valence-electron chi connectivity index (χ2n) is 10.7. The van der Waals surface area contributed by atoms with Crippen molar-refractivity contribution in [2.24, 2.45) is 5.41 Å². The molecule has 37 heavy (non-hydrogen) atoms. The average Bonchev–Trinajstić information content (AvgIpc) is 3.16. The van der Waals surface area contributed by atoms with Gasteiger partial charge in [0.25, 0.3) is 11.8 Å². The van der Waals surface area contributed by atoms with Crippen molar-refractivity contribution in [3.05, 3.63) is 70.3 Å². The molecule has 0 aromatic heterocycles. The van der Waals surface area contributed by atoms with Crippen LogP contribution in [-0.4, -0.2) is 45.7 Å². The molecule has 2 aromatic carbocycles. The van der Waals surface area contributed by atoms with Crippen LogP contribution in [0.5, 0.6) is 0 Å². The molecule has 4 fully saturated rings. The first-order chi connectivity index (χ1) is 17.7. The van der Waals surface area contributed by atoms with Gasteiger partial charge in [0.05, 0.1) is 5.41 Å². The number of carbonyl (C=O) groups is 5. The van der Waals surface area contributed by atoms with Gasteiger partial charge in [-0.15, -0.1) is 0 Å². The van der Waals surface area contributed by atoms with Crippen LogP contribution in [0.15, 0.2) is 42.5 Å². The first-order valence-corrected chi connectivity index (χ1v) is 12.3. The van der Waals surface area contributed by atoms with Crippen LogP contribution in [0, 0.1) is 5.41 Å². The third kappa shape index (κ3) is 3.62. The van der Waals surface area contributed by atoms with E-state index in [1.54, 1.807) is 29.7 Å². The Morgan fingerprint density at radius 3 is 2.46 bits per heavy atom. The van der Waals surface area contributed by atoms with E-state index >= 15 is 0 Å². The highest BCUT2D eigenvalue weighted by Gasteiger charge is 2.71. The van der Waals surface area contributed by atoms with Crippen LogP contribution in [-0.2, 0) is 32.9 Å². The summed E-state index contributed by atoms with van der Waals surface area (Å²) in [6.07, 6.45) is 2.64. The lowest BCUT2D eigenvalue weighted by Gasteiger charge is -2.69. The number of fused-ring (bicyclic) bond motifs is 1. The van der Waals surface area contributed by atoms with Gasteiger partial charge in [0.1, 0.15) is 6.04 Å². The normalized spacial score (nSPS) is 27.5. The number of hydroxylamine groups is 1. The number of nitrogens with zero attached hydrogens (tertiary/aromatic N) is 1. The van der Waals surface area contributed by atoms with Crippen LogP contribution in [0.4, 0.5) is 0 Å². The van der Waals surface area contributed by atoms with E-state index in [9.17, 15) is 24.0 Å². The summed E-state index contributed by atoms with van der Waals surface area (Å²) < 4.78 is 0. The minimum Gasteiger partial charge on any atom is -0.348 e. The van der Waals surface area contributed by atoms with Gasteiger partial charge >= 0.3 is 0 Å². The molecule has 1 atom stereocenters. The van der Waals surface area contributed by atoms with E-state index in [4.69, 9.17) is 5.21 Å². The summed E-state index contributed by atoms with van der Waals surface area (Å²) in [5.41, 5.74) is 5.07. The molecule has 7 rings (SSSR count).